The lowest BCUT2D eigenvalue weighted by atomic mass is 10.0. The monoisotopic (exact) mass is 253 g/mol. The van der Waals surface area contributed by atoms with Crippen LogP contribution in [-0.2, 0) is 9.47 Å². The van der Waals surface area contributed by atoms with Crippen molar-refractivity contribution in [2.75, 3.05) is 27.4 Å². The number of hydrogen-bond donors (Lipinski definition) is 1. The lowest BCUT2D eigenvalue weighted by Gasteiger charge is -2.23. The Morgan fingerprint density at radius 1 is 1.17 bits per heavy atom. The maximum absolute atomic E-state index is 6.00. The van der Waals surface area contributed by atoms with Gasteiger partial charge in [0.05, 0.1) is 7.11 Å². The van der Waals surface area contributed by atoms with E-state index in [1.165, 1.54) is 0 Å². The molecule has 0 saturated heterocycles. The van der Waals surface area contributed by atoms with Gasteiger partial charge in [0.1, 0.15) is 11.9 Å². The highest BCUT2D eigenvalue weighted by Gasteiger charge is 2.20. The van der Waals surface area contributed by atoms with Crippen molar-refractivity contribution in [1.29, 1.82) is 0 Å². The Morgan fingerprint density at radius 3 is 2.50 bits per heavy atom. The fourth-order valence-electron chi connectivity index (χ4n) is 1.84. The average Bonchev–Trinajstić information content (AvgIpc) is 2.38. The molecular formula is C14H23NO3. The Bertz CT molecular complexity index is 342. The van der Waals surface area contributed by atoms with E-state index in [0.29, 0.717) is 13.2 Å². The van der Waals surface area contributed by atoms with E-state index in [2.05, 4.69) is 0 Å². The minimum absolute atomic E-state index is 0.0937. The first-order valence-electron chi connectivity index (χ1n) is 6.19. The molecular weight excluding hydrogens is 230 g/mol. The number of benzene rings is 1. The molecule has 1 aromatic rings. The van der Waals surface area contributed by atoms with E-state index in [9.17, 15) is 0 Å². The highest BCUT2D eigenvalue weighted by Crippen LogP contribution is 2.29. The van der Waals surface area contributed by atoms with Crippen LogP contribution in [0.1, 0.15) is 25.0 Å². The minimum atomic E-state index is -0.155. The summed E-state index contributed by atoms with van der Waals surface area (Å²) < 4.78 is 16.2. The predicted molar refractivity (Wildman–Crippen MR) is 71.8 cm³/mol. The summed E-state index contributed by atoms with van der Waals surface area (Å²) in [7, 11) is 3.34. The number of rotatable bonds is 8. The van der Waals surface area contributed by atoms with E-state index < -0.39 is 0 Å². The van der Waals surface area contributed by atoms with Crippen LogP contribution in [0.2, 0.25) is 0 Å². The zero-order chi connectivity index (χ0) is 13.4. The van der Waals surface area contributed by atoms with Crippen molar-refractivity contribution >= 4 is 0 Å². The summed E-state index contributed by atoms with van der Waals surface area (Å²) in [6, 6.07) is 7.72. The highest BCUT2D eigenvalue weighted by atomic mass is 16.5. The zero-order valence-corrected chi connectivity index (χ0v) is 11.4. The van der Waals surface area contributed by atoms with Crippen molar-refractivity contribution in [3.8, 4) is 5.75 Å². The molecule has 2 atom stereocenters. The lowest BCUT2D eigenvalue weighted by Crippen LogP contribution is -2.27. The van der Waals surface area contributed by atoms with Gasteiger partial charge in [-0.1, -0.05) is 18.2 Å². The summed E-state index contributed by atoms with van der Waals surface area (Å²) in [6.07, 6.45) is 0.701. The maximum atomic E-state index is 6.00. The molecule has 1 aromatic carbocycles. The first-order chi connectivity index (χ1) is 8.70. The molecule has 2 unspecified atom stereocenters. The number of hydrogen-bond acceptors (Lipinski definition) is 4. The summed E-state index contributed by atoms with van der Waals surface area (Å²) >= 11 is 0. The smallest absolute Gasteiger partial charge is 0.124 e. The fraction of sp³-hybridized carbons (Fsp3) is 0.571. The van der Waals surface area contributed by atoms with Crippen LogP contribution in [0.25, 0.3) is 0 Å². The number of methoxy groups -OCH3 is 2. The molecule has 0 radical (unpaired) electrons. The molecule has 4 heteroatoms. The molecule has 1 rings (SSSR count). The molecule has 0 aromatic heterocycles. The molecule has 0 spiro atoms. The third-order valence-electron chi connectivity index (χ3n) is 2.71. The van der Waals surface area contributed by atoms with Crippen molar-refractivity contribution in [3.63, 3.8) is 0 Å². The van der Waals surface area contributed by atoms with Gasteiger partial charge in [0.2, 0.25) is 0 Å². The van der Waals surface area contributed by atoms with E-state index in [-0.39, 0.29) is 12.1 Å². The van der Waals surface area contributed by atoms with Gasteiger partial charge in [-0.25, -0.2) is 0 Å². The molecule has 0 bridgehead atoms. The van der Waals surface area contributed by atoms with Crippen LogP contribution in [0.3, 0.4) is 0 Å². The van der Waals surface area contributed by atoms with Gasteiger partial charge >= 0.3 is 0 Å². The van der Waals surface area contributed by atoms with Gasteiger partial charge in [-0.3, -0.25) is 0 Å². The largest absolute Gasteiger partial charge is 0.496 e. The number of para-hydroxylation sites is 1. The topological polar surface area (TPSA) is 53.7 Å². The molecule has 0 aliphatic heterocycles. The summed E-state index contributed by atoms with van der Waals surface area (Å²) in [6.45, 7) is 3.25. The Morgan fingerprint density at radius 2 is 1.89 bits per heavy atom. The standard InChI is InChI=1S/C14H23NO3/c1-11(15)14(18-10-6-9-16-2)12-7-4-5-8-13(12)17-3/h4-5,7-8,11,14H,6,9-10,15H2,1-3H3. The van der Waals surface area contributed by atoms with Crippen molar-refractivity contribution in [3.05, 3.63) is 29.8 Å². The van der Waals surface area contributed by atoms with Gasteiger partial charge in [-0.15, -0.1) is 0 Å². The van der Waals surface area contributed by atoms with Crippen molar-refractivity contribution in [2.24, 2.45) is 5.73 Å². The van der Waals surface area contributed by atoms with Crippen LogP contribution in [0.15, 0.2) is 24.3 Å². The van der Waals surface area contributed by atoms with Gasteiger partial charge in [-0.2, -0.15) is 0 Å². The molecule has 2 N–H and O–H groups in total. The lowest BCUT2D eigenvalue weighted by molar-refractivity contribution is 0.0251. The normalized spacial score (nSPS) is 14.2. The van der Waals surface area contributed by atoms with Crippen LogP contribution in [0, 0.1) is 0 Å². The van der Waals surface area contributed by atoms with Gasteiger partial charge in [-0.05, 0) is 19.4 Å². The van der Waals surface area contributed by atoms with Crippen molar-refractivity contribution in [1.82, 2.24) is 0 Å². The van der Waals surface area contributed by atoms with E-state index in [1.807, 2.05) is 31.2 Å². The molecule has 0 amide bonds. The highest BCUT2D eigenvalue weighted by molar-refractivity contribution is 5.35. The van der Waals surface area contributed by atoms with Gasteiger partial charge in [0, 0.05) is 31.9 Å². The molecule has 102 valence electrons. The number of ether oxygens (including phenoxy) is 3. The Kier molecular flexibility index (Phi) is 6.72. The Hall–Kier alpha value is -1.10. The zero-order valence-electron chi connectivity index (χ0n) is 11.4. The van der Waals surface area contributed by atoms with Crippen LogP contribution in [-0.4, -0.2) is 33.5 Å². The summed E-state index contributed by atoms with van der Waals surface area (Å²) in [5, 5.41) is 0. The van der Waals surface area contributed by atoms with Crippen LogP contribution < -0.4 is 10.5 Å². The predicted octanol–water partition coefficient (Wildman–Crippen LogP) is 2.14. The summed E-state index contributed by atoms with van der Waals surface area (Å²) in [5.41, 5.74) is 6.99. The van der Waals surface area contributed by atoms with Crippen molar-refractivity contribution in [2.45, 2.75) is 25.5 Å². The quantitative estimate of drug-likeness (QED) is 0.721. The van der Waals surface area contributed by atoms with E-state index >= 15 is 0 Å². The molecule has 0 aliphatic rings. The molecule has 0 fully saturated rings. The molecule has 0 heterocycles. The van der Waals surface area contributed by atoms with E-state index in [4.69, 9.17) is 19.9 Å². The van der Waals surface area contributed by atoms with Gasteiger partial charge in [0.25, 0.3) is 0 Å². The van der Waals surface area contributed by atoms with Crippen molar-refractivity contribution < 1.29 is 14.2 Å². The Labute approximate surface area is 109 Å². The summed E-state index contributed by atoms with van der Waals surface area (Å²) in [5.74, 6) is 0.812. The molecule has 0 aliphatic carbocycles. The van der Waals surface area contributed by atoms with E-state index in [0.717, 1.165) is 17.7 Å². The molecule has 18 heavy (non-hydrogen) atoms. The summed E-state index contributed by atoms with van der Waals surface area (Å²) in [4.78, 5) is 0. The minimum Gasteiger partial charge on any atom is -0.496 e. The SMILES string of the molecule is COCCCOC(c1ccccc1OC)C(C)N. The third kappa shape index (κ3) is 4.29. The second kappa shape index (κ2) is 8.08. The third-order valence-corrected chi connectivity index (χ3v) is 2.71. The fourth-order valence-corrected chi connectivity index (χ4v) is 1.84. The van der Waals surface area contributed by atoms with Crippen LogP contribution >= 0.6 is 0 Å². The van der Waals surface area contributed by atoms with Crippen LogP contribution in [0.4, 0.5) is 0 Å². The molecule has 4 nitrogen and oxygen atoms in total. The second-order valence-corrected chi connectivity index (χ2v) is 4.24. The maximum Gasteiger partial charge on any atom is 0.124 e. The molecule has 0 saturated carbocycles. The van der Waals surface area contributed by atoms with E-state index in [1.54, 1.807) is 14.2 Å². The van der Waals surface area contributed by atoms with Crippen LogP contribution in [0.5, 0.6) is 5.75 Å². The first-order valence-corrected chi connectivity index (χ1v) is 6.19. The second-order valence-electron chi connectivity index (χ2n) is 4.24. The number of nitrogens with two attached hydrogens (primary N) is 1. The van der Waals surface area contributed by atoms with Gasteiger partial charge in [0.15, 0.2) is 0 Å². The Balaban J connectivity index is 2.71. The average molecular weight is 253 g/mol. The first kappa shape index (κ1) is 15.0. The van der Waals surface area contributed by atoms with Gasteiger partial charge < -0.3 is 19.9 Å².